The maximum absolute atomic E-state index is 14.1. The third-order valence-corrected chi connectivity index (χ3v) is 4.06. The van der Waals surface area contributed by atoms with Gasteiger partial charge in [-0.1, -0.05) is 25.1 Å². The van der Waals surface area contributed by atoms with E-state index in [1.807, 2.05) is 12.1 Å². The lowest BCUT2D eigenvalue weighted by atomic mass is 9.90. The van der Waals surface area contributed by atoms with Gasteiger partial charge in [0.25, 0.3) is 0 Å². The van der Waals surface area contributed by atoms with Crippen molar-refractivity contribution >= 4 is 0 Å². The lowest BCUT2D eigenvalue weighted by Crippen LogP contribution is -2.47. The number of hydrogen-bond donors (Lipinski definition) is 1. The van der Waals surface area contributed by atoms with E-state index in [1.54, 1.807) is 12.1 Å². The van der Waals surface area contributed by atoms with E-state index in [1.165, 1.54) is 0 Å². The lowest BCUT2D eigenvalue weighted by molar-refractivity contribution is 0.0907. The third-order valence-electron chi connectivity index (χ3n) is 4.06. The predicted molar refractivity (Wildman–Crippen MR) is 77.7 cm³/mol. The van der Waals surface area contributed by atoms with E-state index in [9.17, 15) is 4.39 Å². The minimum atomic E-state index is -0.0738. The Balaban J connectivity index is 2.23. The molecule has 2 nitrogen and oxygen atoms in total. The van der Waals surface area contributed by atoms with Crippen molar-refractivity contribution in [2.24, 2.45) is 0 Å². The number of piperidine rings is 1. The molecule has 0 spiro atoms. The summed E-state index contributed by atoms with van der Waals surface area (Å²) in [6.45, 7) is 8.54. The van der Waals surface area contributed by atoms with Gasteiger partial charge in [0.05, 0.1) is 0 Å². The first-order chi connectivity index (χ1) is 9.13. The van der Waals surface area contributed by atoms with Crippen molar-refractivity contribution < 1.29 is 4.39 Å². The van der Waals surface area contributed by atoms with E-state index in [0.717, 1.165) is 31.5 Å². The molecule has 3 heteroatoms. The average Bonchev–Trinajstić information content (AvgIpc) is 2.39. The number of nitrogens with one attached hydrogen (secondary N) is 1. The molecule has 0 unspecified atom stereocenters. The molecule has 1 aromatic rings. The van der Waals surface area contributed by atoms with E-state index in [0.29, 0.717) is 12.1 Å². The van der Waals surface area contributed by atoms with Crippen LogP contribution in [0, 0.1) is 5.82 Å². The van der Waals surface area contributed by atoms with Crippen molar-refractivity contribution in [3.63, 3.8) is 0 Å². The Morgan fingerprint density at radius 1 is 1.37 bits per heavy atom. The molecule has 1 aromatic carbocycles. The zero-order chi connectivity index (χ0) is 13.8. The molecular weight excluding hydrogens is 239 g/mol. The van der Waals surface area contributed by atoms with Crippen LogP contribution in [0.15, 0.2) is 24.3 Å². The Hall–Kier alpha value is -0.930. The second-order valence-corrected chi connectivity index (χ2v) is 5.65. The standard InChI is InChI=1S/C16H25FN2/c1-4-18-13-9-10-19(12(2)3)16(11-13)14-7-5-6-8-15(14)17/h5-8,12-13,16,18H,4,9-11H2,1-3H3/t13-,16+/m1/s1. The quantitative estimate of drug-likeness (QED) is 0.897. The summed E-state index contributed by atoms with van der Waals surface area (Å²) in [5.41, 5.74) is 0.846. The summed E-state index contributed by atoms with van der Waals surface area (Å²) >= 11 is 0. The van der Waals surface area contributed by atoms with Crippen molar-refractivity contribution in [1.82, 2.24) is 10.2 Å². The van der Waals surface area contributed by atoms with Gasteiger partial charge in [0.1, 0.15) is 5.82 Å². The maximum Gasteiger partial charge on any atom is 0.127 e. The van der Waals surface area contributed by atoms with Crippen molar-refractivity contribution in [3.05, 3.63) is 35.6 Å². The van der Waals surface area contributed by atoms with Crippen LogP contribution in [0.3, 0.4) is 0 Å². The van der Waals surface area contributed by atoms with E-state index in [2.05, 4.69) is 31.0 Å². The Labute approximate surface area is 116 Å². The molecule has 2 atom stereocenters. The molecule has 0 amide bonds. The van der Waals surface area contributed by atoms with Crippen molar-refractivity contribution in [2.75, 3.05) is 13.1 Å². The van der Waals surface area contributed by atoms with Gasteiger partial charge in [-0.2, -0.15) is 0 Å². The fourth-order valence-electron chi connectivity index (χ4n) is 3.13. The molecule has 2 rings (SSSR count). The summed E-state index contributed by atoms with van der Waals surface area (Å²) in [6, 6.07) is 8.36. The van der Waals surface area contributed by atoms with Gasteiger partial charge in [-0.15, -0.1) is 0 Å². The molecule has 0 aromatic heterocycles. The van der Waals surface area contributed by atoms with Gasteiger partial charge < -0.3 is 5.32 Å². The highest BCUT2D eigenvalue weighted by Crippen LogP contribution is 2.33. The smallest absolute Gasteiger partial charge is 0.127 e. The summed E-state index contributed by atoms with van der Waals surface area (Å²) < 4.78 is 14.1. The highest BCUT2D eigenvalue weighted by atomic mass is 19.1. The summed E-state index contributed by atoms with van der Waals surface area (Å²) in [7, 11) is 0. The first-order valence-corrected chi connectivity index (χ1v) is 7.37. The average molecular weight is 264 g/mol. The summed E-state index contributed by atoms with van der Waals surface area (Å²) in [6.07, 6.45) is 2.14. The van der Waals surface area contributed by atoms with Crippen LogP contribution >= 0.6 is 0 Å². The second kappa shape index (κ2) is 6.49. The van der Waals surface area contributed by atoms with Crippen LogP contribution in [-0.4, -0.2) is 30.1 Å². The van der Waals surface area contributed by atoms with Crippen LogP contribution in [-0.2, 0) is 0 Å². The topological polar surface area (TPSA) is 15.3 Å². The molecule has 0 radical (unpaired) electrons. The van der Waals surface area contributed by atoms with Gasteiger partial charge in [0, 0.05) is 30.2 Å². The van der Waals surface area contributed by atoms with Crippen LogP contribution in [0.25, 0.3) is 0 Å². The molecule has 19 heavy (non-hydrogen) atoms. The van der Waals surface area contributed by atoms with Gasteiger partial charge in [-0.25, -0.2) is 4.39 Å². The number of hydrogen-bond acceptors (Lipinski definition) is 2. The van der Waals surface area contributed by atoms with Gasteiger partial charge in [-0.3, -0.25) is 4.90 Å². The molecule has 106 valence electrons. The fourth-order valence-corrected chi connectivity index (χ4v) is 3.13. The minimum Gasteiger partial charge on any atom is -0.314 e. The van der Waals surface area contributed by atoms with E-state index >= 15 is 0 Å². The molecule has 1 aliphatic rings. The highest BCUT2D eigenvalue weighted by Gasteiger charge is 2.31. The number of benzene rings is 1. The maximum atomic E-state index is 14.1. The zero-order valence-corrected chi connectivity index (χ0v) is 12.2. The molecule has 0 bridgehead atoms. The SMILES string of the molecule is CCN[C@@H]1CCN(C(C)C)[C@H](c2ccccc2F)C1. The second-order valence-electron chi connectivity index (χ2n) is 5.65. The molecule has 0 saturated carbocycles. The summed E-state index contributed by atoms with van der Waals surface area (Å²) in [4.78, 5) is 2.42. The Morgan fingerprint density at radius 2 is 2.11 bits per heavy atom. The number of rotatable bonds is 4. The van der Waals surface area contributed by atoms with Crippen molar-refractivity contribution in [2.45, 2.75) is 51.7 Å². The number of nitrogens with zero attached hydrogens (tertiary/aromatic N) is 1. The van der Waals surface area contributed by atoms with Gasteiger partial charge in [0.15, 0.2) is 0 Å². The van der Waals surface area contributed by atoms with Crippen molar-refractivity contribution in [1.29, 1.82) is 0 Å². The molecule has 1 fully saturated rings. The summed E-state index contributed by atoms with van der Waals surface area (Å²) in [5, 5.41) is 3.51. The monoisotopic (exact) mass is 264 g/mol. The third kappa shape index (κ3) is 3.34. The van der Waals surface area contributed by atoms with Gasteiger partial charge >= 0.3 is 0 Å². The van der Waals surface area contributed by atoms with E-state index < -0.39 is 0 Å². The zero-order valence-electron chi connectivity index (χ0n) is 12.2. The Bertz CT molecular complexity index is 405. The van der Waals surface area contributed by atoms with Crippen LogP contribution in [0.4, 0.5) is 4.39 Å². The molecule has 1 saturated heterocycles. The highest BCUT2D eigenvalue weighted by molar-refractivity contribution is 5.22. The van der Waals surface area contributed by atoms with E-state index in [-0.39, 0.29) is 11.9 Å². The number of likely N-dealkylation sites (tertiary alicyclic amines) is 1. The fraction of sp³-hybridized carbons (Fsp3) is 0.625. The molecule has 0 aliphatic carbocycles. The van der Waals surface area contributed by atoms with Crippen LogP contribution in [0.5, 0.6) is 0 Å². The largest absolute Gasteiger partial charge is 0.314 e. The Kier molecular flexibility index (Phi) is 4.94. The van der Waals surface area contributed by atoms with Crippen LogP contribution in [0.2, 0.25) is 0 Å². The lowest BCUT2D eigenvalue weighted by Gasteiger charge is -2.42. The van der Waals surface area contributed by atoms with Crippen LogP contribution in [0.1, 0.15) is 45.2 Å². The normalized spacial score (nSPS) is 24.9. The van der Waals surface area contributed by atoms with E-state index in [4.69, 9.17) is 0 Å². The van der Waals surface area contributed by atoms with Gasteiger partial charge in [0.2, 0.25) is 0 Å². The first-order valence-electron chi connectivity index (χ1n) is 7.37. The van der Waals surface area contributed by atoms with Crippen molar-refractivity contribution in [3.8, 4) is 0 Å². The molecule has 1 aliphatic heterocycles. The number of halogens is 1. The Morgan fingerprint density at radius 3 is 2.74 bits per heavy atom. The first kappa shape index (κ1) is 14.5. The molecule has 1 heterocycles. The molecular formula is C16H25FN2. The summed E-state index contributed by atoms with van der Waals surface area (Å²) in [5.74, 6) is -0.0738. The predicted octanol–water partition coefficient (Wildman–Crippen LogP) is 3.35. The minimum absolute atomic E-state index is 0.0738. The molecule has 1 N–H and O–H groups in total. The van der Waals surface area contributed by atoms with Gasteiger partial charge in [-0.05, 0) is 39.3 Å². The van der Waals surface area contributed by atoms with Crippen LogP contribution < -0.4 is 5.32 Å².